The van der Waals surface area contributed by atoms with E-state index >= 15 is 0 Å². The smallest absolute Gasteiger partial charge is 0.224 e. The summed E-state index contributed by atoms with van der Waals surface area (Å²) in [6, 6.07) is 4.63. The van der Waals surface area contributed by atoms with Gasteiger partial charge in [0.15, 0.2) is 0 Å². The molecule has 1 aliphatic heterocycles. The molecular weight excluding hydrogens is 229 g/mol. The highest BCUT2D eigenvalue weighted by Gasteiger charge is 2.28. The van der Waals surface area contributed by atoms with Crippen molar-refractivity contribution in [1.29, 1.82) is 0 Å². The molecule has 1 fully saturated rings. The fourth-order valence-electron chi connectivity index (χ4n) is 1.89. The Labute approximate surface area is 99.0 Å². The highest BCUT2D eigenvalue weighted by molar-refractivity contribution is 6.22. The molecule has 1 saturated heterocycles. The summed E-state index contributed by atoms with van der Waals surface area (Å²) in [4.78, 5) is 13.2. The molecule has 4 heteroatoms. The minimum atomic E-state index is -0.269. The predicted octanol–water partition coefficient (Wildman–Crippen LogP) is 2.47. The van der Waals surface area contributed by atoms with Crippen LogP contribution < -0.4 is 0 Å². The molecule has 1 amide bonds. The standard InChI is InChI=1S/C12H13ClFNO/c1-8-2-3-11(14)4-9(8)6-15-7-10(13)5-12(15)16/h2-4,10H,5-7H2,1H3. The zero-order valence-electron chi connectivity index (χ0n) is 9.04. The molecule has 1 heterocycles. The maximum atomic E-state index is 13.1. The highest BCUT2D eigenvalue weighted by Crippen LogP contribution is 2.20. The first kappa shape index (κ1) is 11.4. The van der Waals surface area contributed by atoms with E-state index in [4.69, 9.17) is 11.6 Å². The number of halogens is 2. The molecule has 0 aromatic heterocycles. The van der Waals surface area contributed by atoms with Crippen molar-refractivity contribution >= 4 is 17.5 Å². The van der Waals surface area contributed by atoms with E-state index in [1.54, 1.807) is 11.0 Å². The van der Waals surface area contributed by atoms with Crippen molar-refractivity contribution in [2.45, 2.75) is 25.3 Å². The van der Waals surface area contributed by atoms with Crippen LogP contribution in [-0.4, -0.2) is 22.7 Å². The Hall–Kier alpha value is -1.09. The van der Waals surface area contributed by atoms with Gasteiger partial charge in [-0.3, -0.25) is 4.79 Å². The molecule has 86 valence electrons. The summed E-state index contributed by atoms with van der Waals surface area (Å²) in [5, 5.41) is -0.110. The maximum Gasteiger partial charge on any atom is 0.224 e. The zero-order chi connectivity index (χ0) is 11.7. The van der Waals surface area contributed by atoms with E-state index < -0.39 is 0 Å². The Morgan fingerprint density at radius 1 is 1.56 bits per heavy atom. The van der Waals surface area contributed by atoms with E-state index in [9.17, 15) is 9.18 Å². The van der Waals surface area contributed by atoms with Crippen molar-refractivity contribution in [1.82, 2.24) is 4.90 Å². The second kappa shape index (κ2) is 4.42. The van der Waals surface area contributed by atoms with Crippen molar-refractivity contribution in [3.63, 3.8) is 0 Å². The van der Waals surface area contributed by atoms with Gasteiger partial charge < -0.3 is 4.90 Å². The number of likely N-dealkylation sites (tertiary alicyclic amines) is 1. The number of hydrogen-bond acceptors (Lipinski definition) is 1. The normalized spacial score (nSPS) is 20.6. The molecule has 1 aliphatic rings. The topological polar surface area (TPSA) is 20.3 Å². The molecule has 1 unspecified atom stereocenters. The minimum Gasteiger partial charge on any atom is -0.337 e. The van der Waals surface area contributed by atoms with Crippen LogP contribution in [0.3, 0.4) is 0 Å². The van der Waals surface area contributed by atoms with E-state index in [1.165, 1.54) is 12.1 Å². The van der Waals surface area contributed by atoms with Crippen LogP contribution in [0, 0.1) is 12.7 Å². The SMILES string of the molecule is Cc1ccc(F)cc1CN1CC(Cl)CC1=O. The summed E-state index contributed by atoms with van der Waals surface area (Å²) in [6.45, 7) is 2.91. The van der Waals surface area contributed by atoms with Crippen LogP contribution in [0.25, 0.3) is 0 Å². The molecular formula is C12H13ClFNO. The van der Waals surface area contributed by atoms with Gasteiger partial charge in [0.2, 0.25) is 5.91 Å². The molecule has 16 heavy (non-hydrogen) atoms. The lowest BCUT2D eigenvalue weighted by atomic mass is 10.1. The van der Waals surface area contributed by atoms with Gasteiger partial charge in [0, 0.05) is 19.5 Å². The van der Waals surface area contributed by atoms with Crippen LogP contribution in [0.4, 0.5) is 4.39 Å². The second-order valence-electron chi connectivity index (χ2n) is 4.15. The van der Waals surface area contributed by atoms with Crippen molar-refractivity contribution < 1.29 is 9.18 Å². The first-order valence-electron chi connectivity index (χ1n) is 5.23. The Bertz CT molecular complexity index is 421. The summed E-state index contributed by atoms with van der Waals surface area (Å²) in [7, 11) is 0. The number of nitrogens with zero attached hydrogens (tertiary/aromatic N) is 1. The number of aryl methyl sites for hydroxylation is 1. The second-order valence-corrected chi connectivity index (χ2v) is 4.76. The van der Waals surface area contributed by atoms with Crippen LogP contribution >= 0.6 is 11.6 Å². The van der Waals surface area contributed by atoms with Gasteiger partial charge in [-0.15, -0.1) is 11.6 Å². The molecule has 0 saturated carbocycles. The minimum absolute atomic E-state index is 0.0451. The van der Waals surface area contributed by atoms with Crippen molar-refractivity contribution in [3.8, 4) is 0 Å². The van der Waals surface area contributed by atoms with Crippen LogP contribution in [-0.2, 0) is 11.3 Å². The molecule has 1 aromatic rings. The third-order valence-electron chi connectivity index (χ3n) is 2.84. The lowest BCUT2D eigenvalue weighted by molar-refractivity contribution is -0.128. The molecule has 2 rings (SSSR count). The van der Waals surface area contributed by atoms with E-state index in [0.717, 1.165) is 11.1 Å². The van der Waals surface area contributed by atoms with E-state index in [1.807, 2.05) is 6.92 Å². The molecule has 0 radical (unpaired) electrons. The lowest BCUT2D eigenvalue weighted by Crippen LogP contribution is -2.25. The Morgan fingerprint density at radius 3 is 2.94 bits per heavy atom. The number of alkyl halides is 1. The van der Waals surface area contributed by atoms with Gasteiger partial charge in [0.25, 0.3) is 0 Å². The van der Waals surface area contributed by atoms with Crippen molar-refractivity contribution in [2.24, 2.45) is 0 Å². The van der Waals surface area contributed by atoms with Crippen LogP contribution in [0.1, 0.15) is 17.5 Å². The van der Waals surface area contributed by atoms with Crippen molar-refractivity contribution in [3.05, 3.63) is 35.1 Å². The van der Waals surface area contributed by atoms with E-state index in [0.29, 0.717) is 19.5 Å². The molecule has 0 spiro atoms. The highest BCUT2D eigenvalue weighted by atomic mass is 35.5. The summed E-state index contributed by atoms with van der Waals surface area (Å²) in [5.41, 5.74) is 1.84. The Balaban J connectivity index is 2.15. The Kier molecular flexibility index (Phi) is 3.15. The Morgan fingerprint density at radius 2 is 2.31 bits per heavy atom. The van der Waals surface area contributed by atoms with Gasteiger partial charge >= 0.3 is 0 Å². The van der Waals surface area contributed by atoms with Crippen molar-refractivity contribution in [2.75, 3.05) is 6.54 Å². The molecule has 1 atom stereocenters. The van der Waals surface area contributed by atoms with Gasteiger partial charge in [-0.1, -0.05) is 6.07 Å². The zero-order valence-corrected chi connectivity index (χ0v) is 9.80. The average molecular weight is 242 g/mol. The van der Waals surface area contributed by atoms with E-state index in [-0.39, 0.29) is 17.1 Å². The summed E-state index contributed by atoms with van der Waals surface area (Å²) in [6.07, 6.45) is 0.385. The van der Waals surface area contributed by atoms with Gasteiger partial charge in [-0.05, 0) is 30.2 Å². The van der Waals surface area contributed by atoms with Gasteiger partial charge in [-0.25, -0.2) is 4.39 Å². The first-order valence-corrected chi connectivity index (χ1v) is 5.67. The summed E-state index contributed by atoms with van der Waals surface area (Å²) >= 11 is 5.90. The number of carbonyl (C=O) groups is 1. The summed E-state index contributed by atoms with van der Waals surface area (Å²) < 4.78 is 13.1. The number of carbonyl (C=O) groups excluding carboxylic acids is 1. The fraction of sp³-hybridized carbons (Fsp3) is 0.417. The quantitative estimate of drug-likeness (QED) is 0.729. The van der Waals surface area contributed by atoms with Crippen LogP contribution in [0.2, 0.25) is 0 Å². The maximum absolute atomic E-state index is 13.1. The van der Waals surface area contributed by atoms with Gasteiger partial charge in [0.1, 0.15) is 5.82 Å². The largest absolute Gasteiger partial charge is 0.337 e. The van der Waals surface area contributed by atoms with Crippen LogP contribution in [0.15, 0.2) is 18.2 Å². The average Bonchev–Trinajstić information content (AvgIpc) is 2.51. The third kappa shape index (κ3) is 2.35. The molecule has 2 nitrogen and oxygen atoms in total. The number of hydrogen-bond donors (Lipinski definition) is 0. The molecule has 0 aliphatic carbocycles. The molecule has 0 N–H and O–H groups in total. The monoisotopic (exact) mass is 241 g/mol. The third-order valence-corrected chi connectivity index (χ3v) is 3.13. The molecule has 1 aromatic carbocycles. The van der Waals surface area contributed by atoms with Crippen LogP contribution in [0.5, 0.6) is 0 Å². The lowest BCUT2D eigenvalue weighted by Gasteiger charge is -2.17. The number of rotatable bonds is 2. The predicted molar refractivity (Wildman–Crippen MR) is 60.8 cm³/mol. The number of amides is 1. The van der Waals surface area contributed by atoms with Gasteiger partial charge in [0.05, 0.1) is 5.38 Å². The van der Waals surface area contributed by atoms with Gasteiger partial charge in [-0.2, -0.15) is 0 Å². The fourth-order valence-corrected chi connectivity index (χ4v) is 2.19. The summed E-state index contributed by atoms with van der Waals surface area (Å²) in [5.74, 6) is -0.224. The molecule has 0 bridgehead atoms. The first-order chi connectivity index (χ1) is 7.56. The van der Waals surface area contributed by atoms with E-state index in [2.05, 4.69) is 0 Å². The number of benzene rings is 1.